The highest BCUT2D eigenvalue weighted by Gasteiger charge is 2.27. The van der Waals surface area contributed by atoms with Crippen LogP contribution in [0, 0.1) is 13.8 Å². The predicted octanol–water partition coefficient (Wildman–Crippen LogP) is 4.98. The molecule has 0 atom stereocenters. The fourth-order valence-electron chi connectivity index (χ4n) is 3.30. The molecule has 0 saturated heterocycles. The second-order valence-corrected chi connectivity index (χ2v) is 10.8. The van der Waals surface area contributed by atoms with Crippen LogP contribution in [0.25, 0.3) is 0 Å². The lowest BCUT2D eigenvalue weighted by Gasteiger charge is -2.24. The zero-order valence-electron chi connectivity index (χ0n) is 20.8. The van der Waals surface area contributed by atoms with Crippen molar-refractivity contribution in [2.45, 2.75) is 18.7 Å². The summed E-state index contributed by atoms with van der Waals surface area (Å²) in [7, 11) is -2.49. The Morgan fingerprint density at radius 1 is 1.08 bits per heavy atom. The molecule has 0 radical (unpaired) electrons. The number of nitrogens with zero attached hydrogens (tertiary/aromatic N) is 2. The van der Waals surface area contributed by atoms with Crippen LogP contribution in [0.1, 0.15) is 16.7 Å². The molecule has 0 aliphatic heterocycles. The van der Waals surface area contributed by atoms with Gasteiger partial charge in [-0.3, -0.25) is 9.10 Å². The van der Waals surface area contributed by atoms with Crippen molar-refractivity contribution in [1.29, 1.82) is 0 Å². The van der Waals surface area contributed by atoms with Gasteiger partial charge in [0, 0.05) is 0 Å². The molecule has 194 valence electrons. The smallest absolute Gasteiger partial charge is 0.264 e. The molecular weight excluding hydrogens is 558 g/mol. The molecule has 10 heteroatoms. The lowest BCUT2D eigenvalue weighted by atomic mass is 10.2. The zero-order valence-corrected chi connectivity index (χ0v) is 23.2. The van der Waals surface area contributed by atoms with Crippen LogP contribution in [0.3, 0.4) is 0 Å². The molecule has 0 saturated carbocycles. The van der Waals surface area contributed by atoms with E-state index in [9.17, 15) is 13.2 Å². The van der Waals surface area contributed by atoms with Gasteiger partial charge < -0.3 is 9.47 Å². The Bertz CT molecular complexity index is 1390. The standard InChI is InChI=1S/C27H28BrN3O5S/c1-5-14-36-27-24(28)15-21(16-25(27)35-4)17-29-30-26(32)18-31(22-10-6-19(2)7-11-22)37(33,34)23-12-8-20(3)9-13-23/h5-13,15-17H,1,14,18H2,2-4H3,(H,30,32)/b29-17-. The molecule has 3 aromatic carbocycles. The number of rotatable bonds is 11. The molecule has 1 amide bonds. The normalized spacial score (nSPS) is 11.2. The van der Waals surface area contributed by atoms with E-state index in [1.807, 2.05) is 13.8 Å². The van der Waals surface area contributed by atoms with E-state index in [0.29, 0.717) is 33.8 Å². The first kappa shape index (κ1) is 27.9. The van der Waals surface area contributed by atoms with Gasteiger partial charge >= 0.3 is 0 Å². The summed E-state index contributed by atoms with van der Waals surface area (Å²) in [6, 6.07) is 16.8. The van der Waals surface area contributed by atoms with Crippen molar-refractivity contribution >= 4 is 43.8 Å². The summed E-state index contributed by atoms with van der Waals surface area (Å²) in [5, 5.41) is 4.00. The number of nitrogens with one attached hydrogen (secondary N) is 1. The van der Waals surface area contributed by atoms with Gasteiger partial charge in [-0.2, -0.15) is 5.10 Å². The Morgan fingerprint density at radius 3 is 2.30 bits per heavy atom. The summed E-state index contributed by atoms with van der Waals surface area (Å²) in [4.78, 5) is 12.9. The van der Waals surface area contributed by atoms with Gasteiger partial charge in [0.1, 0.15) is 13.2 Å². The molecular formula is C27H28BrN3O5S. The molecule has 37 heavy (non-hydrogen) atoms. The molecule has 0 bridgehead atoms. The second kappa shape index (κ2) is 12.6. The van der Waals surface area contributed by atoms with Gasteiger partial charge in [0.25, 0.3) is 15.9 Å². The van der Waals surface area contributed by atoms with Gasteiger partial charge in [0.05, 0.1) is 28.4 Å². The molecule has 0 fully saturated rings. The SMILES string of the molecule is C=CCOc1c(Br)cc(/C=N\NC(=O)CN(c2ccc(C)cc2)S(=O)(=O)c2ccc(C)cc2)cc1OC. The van der Waals surface area contributed by atoms with Crippen LogP contribution in [0.15, 0.2) is 87.8 Å². The number of ether oxygens (including phenoxy) is 2. The van der Waals surface area contributed by atoms with Crippen molar-refractivity contribution in [3.05, 3.63) is 94.5 Å². The highest BCUT2D eigenvalue weighted by atomic mass is 79.9. The summed E-state index contributed by atoms with van der Waals surface area (Å²) in [5.41, 5.74) is 5.29. The van der Waals surface area contributed by atoms with Crippen LogP contribution in [0.4, 0.5) is 5.69 Å². The van der Waals surface area contributed by atoms with Crippen molar-refractivity contribution < 1.29 is 22.7 Å². The summed E-state index contributed by atoms with van der Waals surface area (Å²) in [6.07, 6.45) is 3.04. The minimum Gasteiger partial charge on any atom is -0.493 e. The molecule has 0 spiro atoms. The van der Waals surface area contributed by atoms with Gasteiger partial charge in [-0.15, -0.1) is 0 Å². The Balaban J connectivity index is 1.81. The molecule has 0 aliphatic carbocycles. The van der Waals surface area contributed by atoms with E-state index in [1.54, 1.807) is 54.6 Å². The maximum absolute atomic E-state index is 13.4. The first-order valence-corrected chi connectivity index (χ1v) is 13.5. The van der Waals surface area contributed by atoms with E-state index in [1.165, 1.54) is 25.5 Å². The van der Waals surface area contributed by atoms with Crippen LogP contribution in [0.5, 0.6) is 11.5 Å². The number of methoxy groups -OCH3 is 1. The van der Waals surface area contributed by atoms with Crippen LogP contribution in [0.2, 0.25) is 0 Å². The monoisotopic (exact) mass is 585 g/mol. The number of amides is 1. The molecule has 3 aromatic rings. The fraction of sp³-hybridized carbons (Fsp3) is 0.185. The van der Waals surface area contributed by atoms with E-state index < -0.39 is 22.5 Å². The first-order valence-electron chi connectivity index (χ1n) is 11.2. The number of carbonyl (C=O) groups is 1. The maximum atomic E-state index is 13.4. The lowest BCUT2D eigenvalue weighted by Crippen LogP contribution is -2.39. The van der Waals surface area contributed by atoms with Crippen molar-refractivity contribution in [3.8, 4) is 11.5 Å². The summed E-state index contributed by atoms with van der Waals surface area (Å²) in [5.74, 6) is 0.377. The number of anilines is 1. The van der Waals surface area contributed by atoms with E-state index in [-0.39, 0.29) is 4.90 Å². The number of aryl methyl sites for hydroxylation is 2. The van der Waals surface area contributed by atoms with Crippen molar-refractivity contribution in [1.82, 2.24) is 5.43 Å². The average Bonchev–Trinajstić information content (AvgIpc) is 2.87. The van der Waals surface area contributed by atoms with Gasteiger partial charge in [0.2, 0.25) is 0 Å². The minimum absolute atomic E-state index is 0.0886. The Morgan fingerprint density at radius 2 is 1.70 bits per heavy atom. The summed E-state index contributed by atoms with van der Waals surface area (Å²) >= 11 is 3.44. The van der Waals surface area contributed by atoms with Crippen molar-refractivity contribution in [2.75, 3.05) is 24.6 Å². The van der Waals surface area contributed by atoms with Gasteiger partial charge in [0.15, 0.2) is 11.5 Å². The molecule has 1 N–H and O–H groups in total. The molecule has 8 nitrogen and oxygen atoms in total. The maximum Gasteiger partial charge on any atom is 0.264 e. The Hall–Kier alpha value is -3.63. The number of hydrazone groups is 1. The van der Waals surface area contributed by atoms with Crippen LogP contribution < -0.4 is 19.2 Å². The third kappa shape index (κ3) is 7.21. The first-order chi connectivity index (χ1) is 17.6. The van der Waals surface area contributed by atoms with Crippen LogP contribution in [-0.2, 0) is 14.8 Å². The molecule has 3 rings (SSSR count). The fourth-order valence-corrected chi connectivity index (χ4v) is 5.30. The largest absolute Gasteiger partial charge is 0.493 e. The second-order valence-electron chi connectivity index (χ2n) is 8.09. The topological polar surface area (TPSA) is 97.3 Å². The third-order valence-electron chi connectivity index (χ3n) is 5.22. The minimum atomic E-state index is -4.01. The third-order valence-corrected chi connectivity index (χ3v) is 7.60. The molecule has 0 unspecified atom stereocenters. The zero-order chi connectivity index (χ0) is 27.0. The highest BCUT2D eigenvalue weighted by molar-refractivity contribution is 9.10. The number of carbonyl (C=O) groups excluding carboxylic acids is 1. The molecule has 0 aliphatic rings. The molecule has 0 aromatic heterocycles. The van der Waals surface area contributed by atoms with E-state index in [2.05, 4.69) is 33.0 Å². The molecule has 0 heterocycles. The van der Waals surface area contributed by atoms with E-state index in [0.717, 1.165) is 15.4 Å². The summed E-state index contributed by atoms with van der Waals surface area (Å²) < 4.78 is 39.6. The van der Waals surface area contributed by atoms with Gasteiger partial charge in [-0.05, 0) is 71.7 Å². The van der Waals surface area contributed by atoms with E-state index in [4.69, 9.17) is 9.47 Å². The number of halogens is 1. The van der Waals surface area contributed by atoms with Crippen molar-refractivity contribution in [2.24, 2.45) is 5.10 Å². The highest BCUT2D eigenvalue weighted by Crippen LogP contribution is 2.36. The van der Waals surface area contributed by atoms with Gasteiger partial charge in [-0.25, -0.2) is 13.8 Å². The lowest BCUT2D eigenvalue weighted by molar-refractivity contribution is -0.119. The Labute approximate surface area is 225 Å². The number of sulfonamides is 1. The average molecular weight is 587 g/mol. The number of hydrogen-bond donors (Lipinski definition) is 1. The predicted molar refractivity (Wildman–Crippen MR) is 149 cm³/mol. The van der Waals surface area contributed by atoms with Gasteiger partial charge in [-0.1, -0.05) is 48.0 Å². The Kier molecular flexibility index (Phi) is 9.48. The number of benzene rings is 3. The number of hydrogen-bond acceptors (Lipinski definition) is 6. The van der Waals surface area contributed by atoms with Crippen LogP contribution >= 0.6 is 15.9 Å². The summed E-state index contributed by atoms with van der Waals surface area (Å²) in [6.45, 7) is 7.25. The van der Waals surface area contributed by atoms with Crippen molar-refractivity contribution in [3.63, 3.8) is 0 Å². The quantitative estimate of drug-likeness (QED) is 0.194. The van der Waals surface area contributed by atoms with E-state index >= 15 is 0 Å². The van der Waals surface area contributed by atoms with Crippen LogP contribution in [-0.4, -0.2) is 40.8 Å².